The van der Waals surface area contributed by atoms with Gasteiger partial charge in [0.25, 0.3) is 0 Å². The minimum absolute atomic E-state index is 0.0240. The Morgan fingerprint density at radius 3 is 2.42 bits per heavy atom. The minimum Gasteiger partial charge on any atom is -0.356 e. The molecule has 1 aromatic carbocycles. The van der Waals surface area contributed by atoms with Crippen molar-refractivity contribution in [2.45, 2.75) is 59.8 Å². The molecule has 3 rings (SSSR count). The van der Waals surface area contributed by atoms with Crippen molar-refractivity contribution in [1.82, 2.24) is 10.2 Å². The second-order valence-corrected chi connectivity index (χ2v) is 10.9. The summed E-state index contributed by atoms with van der Waals surface area (Å²) in [6, 6.07) is 12.6. The van der Waals surface area contributed by atoms with Gasteiger partial charge in [0.05, 0.1) is 5.41 Å². The van der Waals surface area contributed by atoms with E-state index in [0.717, 1.165) is 6.42 Å². The summed E-state index contributed by atoms with van der Waals surface area (Å²) in [5, 5.41) is 5.25. The third-order valence-corrected chi connectivity index (χ3v) is 7.01. The average Bonchev–Trinajstić information content (AvgIpc) is 3.26. The van der Waals surface area contributed by atoms with E-state index in [1.165, 1.54) is 16.0 Å². The Balaban J connectivity index is 1.82. The molecule has 0 bridgehead atoms. The summed E-state index contributed by atoms with van der Waals surface area (Å²) in [4.78, 5) is 29.3. The van der Waals surface area contributed by atoms with E-state index in [2.05, 4.69) is 74.8 Å². The number of likely N-dealkylation sites (tertiary alicyclic amines) is 1. The van der Waals surface area contributed by atoms with Crippen molar-refractivity contribution >= 4 is 23.2 Å². The summed E-state index contributed by atoms with van der Waals surface area (Å²) in [5.74, 6) is 0.340. The summed E-state index contributed by atoms with van der Waals surface area (Å²) in [6.45, 7) is 10.4. The Hall–Kier alpha value is -2.14. The van der Waals surface area contributed by atoms with Crippen molar-refractivity contribution in [1.29, 1.82) is 0 Å². The van der Waals surface area contributed by atoms with Crippen molar-refractivity contribution in [2.24, 2.45) is 10.8 Å². The van der Waals surface area contributed by atoms with Crippen LogP contribution in [0.4, 0.5) is 0 Å². The van der Waals surface area contributed by atoms with Crippen molar-refractivity contribution in [2.75, 3.05) is 19.6 Å². The Morgan fingerprint density at radius 2 is 1.81 bits per heavy atom. The molecular formula is C26H36N2O2S. The van der Waals surface area contributed by atoms with Crippen LogP contribution in [-0.2, 0) is 16.0 Å². The second kappa shape index (κ2) is 9.99. The van der Waals surface area contributed by atoms with Crippen LogP contribution in [0.25, 0.3) is 10.4 Å². The van der Waals surface area contributed by atoms with Crippen LogP contribution in [0.3, 0.4) is 0 Å². The van der Waals surface area contributed by atoms with Gasteiger partial charge in [-0.15, -0.1) is 11.3 Å². The van der Waals surface area contributed by atoms with Gasteiger partial charge in [0.15, 0.2) is 0 Å². The van der Waals surface area contributed by atoms with Crippen LogP contribution in [0.1, 0.15) is 58.9 Å². The van der Waals surface area contributed by atoms with E-state index in [9.17, 15) is 9.59 Å². The van der Waals surface area contributed by atoms with Gasteiger partial charge in [0.1, 0.15) is 0 Å². The SMILES string of the molecule is CCCNC(=O)C1(Cc2ccccc2-c2cccs2)CCN(C(=O)CC(C)(C)C)CC1. The van der Waals surface area contributed by atoms with Crippen molar-refractivity contribution in [3.8, 4) is 10.4 Å². The monoisotopic (exact) mass is 440 g/mol. The van der Waals surface area contributed by atoms with E-state index in [1.54, 1.807) is 11.3 Å². The van der Waals surface area contributed by atoms with Crippen LogP contribution < -0.4 is 5.32 Å². The van der Waals surface area contributed by atoms with Crippen LogP contribution in [0.5, 0.6) is 0 Å². The summed E-state index contributed by atoms with van der Waals surface area (Å²) >= 11 is 1.73. The predicted molar refractivity (Wildman–Crippen MR) is 129 cm³/mol. The molecule has 1 aliphatic heterocycles. The van der Waals surface area contributed by atoms with Crippen molar-refractivity contribution in [3.05, 3.63) is 47.3 Å². The second-order valence-electron chi connectivity index (χ2n) is 9.97. The number of nitrogens with zero attached hydrogens (tertiary/aromatic N) is 1. The Labute approximate surface area is 191 Å². The molecule has 0 aliphatic carbocycles. The van der Waals surface area contributed by atoms with E-state index in [1.807, 2.05) is 4.90 Å². The Bertz CT molecular complexity index is 875. The van der Waals surface area contributed by atoms with Crippen LogP contribution in [0, 0.1) is 10.8 Å². The number of carbonyl (C=O) groups is 2. The Morgan fingerprint density at radius 1 is 1.10 bits per heavy atom. The van der Waals surface area contributed by atoms with Gasteiger partial charge in [0.2, 0.25) is 11.8 Å². The maximum absolute atomic E-state index is 13.4. The number of nitrogens with one attached hydrogen (secondary N) is 1. The lowest BCUT2D eigenvalue weighted by molar-refractivity contribution is -0.141. The van der Waals surface area contributed by atoms with Crippen LogP contribution in [-0.4, -0.2) is 36.3 Å². The van der Waals surface area contributed by atoms with Gasteiger partial charge < -0.3 is 10.2 Å². The fourth-order valence-electron chi connectivity index (χ4n) is 4.37. The lowest BCUT2D eigenvalue weighted by Gasteiger charge is -2.41. The Kier molecular flexibility index (Phi) is 7.58. The molecule has 1 N–H and O–H groups in total. The van der Waals surface area contributed by atoms with E-state index < -0.39 is 5.41 Å². The third kappa shape index (κ3) is 5.97. The minimum atomic E-state index is -0.471. The molecule has 0 atom stereocenters. The molecule has 2 heterocycles. The van der Waals surface area contributed by atoms with E-state index >= 15 is 0 Å². The fourth-order valence-corrected chi connectivity index (χ4v) is 5.16. The first-order chi connectivity index (χ1) is 14.7. The standard InChI is InChI=1S/C26H36N2O2S/c1-5-14-27-24(30)26(12-15-28(16-13-26)23(29)19-25(2,3)4)18-20-9-6-7-10-21(20)22-11-8-17-31-22/h6-11,17H,5,12-16,18-19H2,1-4H3,(H,27,30). The van der Waals surface area contributed by atoms with Crippen LogP contribution in [0.2, 0.25) is 0 Å². The molecule has 0 radical (unpaired) electrons. The first kappa shape index (κ1) is 23.5. The summed E-state index contributed by atoms with van der Waals surface area (Å²) in [5.41, 5.74) is 1.93. The van der Waals surface area contributed by atoms with Gasteiger partial charge in [-0.1, -0.05) is 58.0 Å². The highest BCUT2D eigenvalue weighted by atomic mass is 32.1. The molecule has 4 nitrogen and oxygen atoms in total. The molecule has 0 unspecified atom stereocenters. The zero-order chi connectivity index (χ0) is 22.5. The molecule has 31 heavy (non-hydrogen) atoms. The summed E-state index contributed by atoms with van der Waals surface area (Å²) in [6.07, 6.45) is 3.58. The van der Waals surface area contributed by atoms with E-state index in [4.69, 9.17) is 0 Å². The average molecular weight is 441 g/mol. The molecule has 5 heteroatoms. The zero-order valence-corrected chi connectivity index (χ0v) is 20.2. The highest BCUT2D eigenvalue weighted by Crippen LogP contribution is 2.39. The molecule has 2 aromatic rings. The number of hydrogen-bond acceptors (Lipinski definition) is 3. The van der Waals surface area contributed by atoms with Gasteiger partial charge in [-0.05, 0) is 53.7 Å². The first-order valence-electron chi connectivity index (χ1n) is 11.4. The van der Waals surface area contributed by atoms with Crippen molar-refractivity contribution in [3.63, 3.8) is 0 Å². The molecule has 1 saturated heterocycles. The van der Waals surface area contributed by atoms with Crippen LogP contribution >= 0.6 is 11.3 Å². The topological polar surface area (TPSA) is 49.4 Å². The highest BCUT2D eigenvalue weighted by molar-refractivity contribution is 7.13. The van der Waals surface area contributed by atoms with Gasteiger partial charge in [0, 0.05) is 30.9 Å². The van der Waals surface area contributed by atoms with Gasteiger partial charge >= 0.3 is 0 Å². The smallest absolute Gasteiger partial charge is 0.226 e. The molecule has 168 valence electrons. The molecule has 1 aromatic heterocycles. The predicted octanol–water partition coefficient (Wildman–Crippen LogP) is 5.53. The number of hydrogen-bond donors (Lipinski definition) is 1. The number of piperidine rings is 1. The number of rotatable bonds is 7. The number of thiophene rings is 1. The highest BCUT2D eigenvalue weighted by Gasteiger charge is 2.42. The molecule has 0 saturated carbocycles. The number of amides is 2. The zero-order valence-electron chi connectivity index (χ0n) is 19.4. The molecule has 2 amide bonds. The maximum Gasteiger partial charge on any atom is 0.226 e. The molecule has 0 spiro atoms. The fraction of sp³-hybridized carbons (Fsp3) is 0.538. The van der Waals surface area contributed by atoms with Crippen molar-refractivity contribution < 1.29 is 9.59 Å². The van der Waals surface area contributed by atoms with Gasteiger partial charge in [-0.2, -0.15) is 0 Å². The normalized spacial score (nSPS) is 16.2. The van der Waals surface area contributed by atoms with E-state index in [-0.39, 0.29) is 17.2 Å². The number of benzene rings is 1. The quantitative estimate of drug-likeness (QED) is 0.615. The molecular weight excluding hydrogens is 404 g/mol. The third-order valence-electron chi connectivity index (χ3n) is 6.10. The molecule has 1 fully saturated rings. The largest absolute Gasteiger partial charge is 0.356 e. The number of carbonyl (C=O) groups excluding carboxylic acids is 2. The first-order valence-corrected chi connectivity index (χ1v) is 12.3. The summed E-state index contributed by atoms with van der Waals surface area (Å²) < 4.78 is 0. The molecule has 1 aliphatic rings. The van der Waals surface area contributed by atoms with Gasteiger partial charge in [-0.25, -0.2) is 0 Å². The van der Waals surface area contributed by atoms with E-state index in [0.29, 0.717) is 45.3 Å². The van der Waals surface area contributed by atoms with Crippen LogP contribution in [0.15, 0.2) is 41.8 Å². The lowest BCUT2D eigenvalue weighted by Crippen LogP contribution is -2.51. The summed E-state index contributed by atoms with van der Waals surface area (Å²) in [7, 11) is 0. The lowest BCUT2D eigenvalue weighted by atomic mass is 9.72. The maximum atomic E-state index is 13.4. The van der Waals surface area contributed by atoms with Gasteiger partial charge in [-0.3, -0.25) is 9.59 Å².